The molecule has 0 fully saturated rings. The molecule has 2 rings (SSSR count). The summed E-state index contributed by atoms with van der Waals surface area (Å²) in [4.78, 5) is 22.8. The Morgan fingerprint density at radius 3 is 2.78 bits per heavy atom. The third-order valence-corrected chi connectivity index (χ3v) is 3.26. The molecule has 0 saturated heterocycles. The lowest BCUT2D eigenvalue weighted by Gasteiger charge is -2.07. The van der Waals surface area contributed by atoms with E-state index in [0.29, 0.717) is 18.9 Å². The SMILES string of the molecule is CCOc1ccc(NC(=O)c2nn(CC)cc2Cl)c([N+](=O)[O-])c1. The summed E-state index contributed by atoms with van der Waals surface area (Å²) in [6.45, 7) is 4.55. The molecule has 23 heavy (non-hydrogen) atoms. The van der Waals surface area contributed by atoms with Crippen molar-refractivity contribution in [3.8, 4) is 5.75 Å². The first-order valence-electron chi connectivity index (χ1n) is 6.91. The zero-order valence-corrected chi connectivity index (χ0v) is 13.3. The lowest BCUT2D eigenvalue weighted by Crippen LogP contribution is -2.15. The second-order valence-electron chi connectivity index (χ2n) is 4.50. The lowest BCUT2D eigenvalue weighted by molar-refractivity contribution is -0.384. The van der Waals surface area contributed by atoms with Crippen molar-refractivity contribution in [3.05, 3.63) is 45.2 Å². The maximum atomic E-state index is 12.2. The second-order valence-corrected chi connectivity index (χ2v) is 4.91. The van der Waals surface area contributed by atoms with Crippen molar-refractivity contribution in [1.82, 2.24) is 9.78 Å². The van der Waals surface area contributed by atoms with Crippen LogP contribution in [0.2, 0.25) is 5.02 Å². The van der Waals surface area contributed by atoms with Crippen molar-refractivity contribution >= 4 is 28.9 Å². The molecule has 0 atom stereocenters. The number of nitrogens with zero attached hydrogens (tertiary/aromatic N) is 3. The summed E-state index contributed by atoms with van der Waals surface area (Å²) < 4.78 is 6.73. The number of rotatable bonds is 6. The molecule has 1 heterocycles. The van der Waals surface area contributed by atoms with Crippen LogP contribution in [-0.2, 0) is 6.54 Å². The molecule has 1 aromatic carbocycles. The van der Waals surface area contributed by atoms with Gasteiger partial charge < -0.3 is 10.1 Å². The fourth-order valence-electron chi connectivity index (χ4n) is 1.92. The van der Waals surface area contributed by atoms with E-state index in [1.54, 1.807) is 13.0 Å². The maximum Gasteiger partial charge on any atom is 0.296 e. The number of hydrogen-bond donors (Lipinski definition) is 1. The van der Waals surface area contributed by atoms with Crippen LogP contribution in [0.4, 0.5) is 11.4 Å². The van der Waals surface area contributed by atoms with Gasteiger partial charge in [-0.25, -0.2) is 0 Å². The Bertz CT molecular complexity index is 744. The molecule has 0 radical (unpaired) electrons. The van der Waals surface area contributed by atoms with E-state index >= 15 is 0 Å². The molecule has 0 saturated carbocycles. The number of aryl methyl sites for hydroxylation is 1. The van der Waals surface area contributed by atoms with Crippen LogP contribution < -0.4 is 10.1 Å². The van der Waals surface area contributed by atoms with Crippen molar-refractivity contribution in [2.45, 2.75) is 20.4 Å². The van der Waals surface area contributed by atoms with Crippen molar-refractivity contribution < 1.29 is 14.5 Å². The van der Waals surface area contributed by atoms with Gasteiger partial charge in [0.1, 0.15) is 11.4 Å². The Morgan fingerprint density at radius 1 is 1.48 bits per heavy atom. The van der Waals surface area contributed by atoms with Gasteiger partial charge in [0, 0.05) is 12.7 Å². The third kappa shape index (κ3) is 3.78. The molecule has 2 aromatic rings. The molecule has 0 aliphatic heterocycles. The van der Waals surface area contributed by atoms with Gasteiger partial charge in [0.2, 0.25) is 0 Å². The number of carbonyl (C=O) groups excluding carboxylic acids is 1. The number of anilines is 1. The average molecular weight is 339 g/mol. The molecule has 0 aliphatic rings. The van der Waals surface area contributed by atoms with Crippen LogP contribution in [0, 0.1) is 10.1 Å². The van der Waals surface area contributed by atoms with Gasteiger partial charge in [0.25, 0.3) is 11.6 Å². The fraction of sp³-hybridized carbons (Fsp3) is 0.286. The predicted octanol–water partition coefficient (Wildman–Crippen LogP) is 3.12. The number of nitro benzene ring substituents is 1. The molecular weight excluding hydrogens is 324 g/mol. The quantitative estimate of drug-likeness (QED) is 0.644. The molecular formula is C14H15ClN4O4. The highest BCUT2D eigenvalue weighted by atomic mass is 35.5. The standard InChI is InChI=1S/C14H15ClN4O4/c1-3-18-8-10(15)13(17-18)14(20)16-11-6-5-9(23-4-2)7-12(11)19(21)22/h5-8H,3-4H2,1-2H3,(H,16,20). The number of aromatic nitrogens is 2. The number of nitrogens with one attached hydrogen (secondary N) is 1. The van der Waals surface area contributed by atoms with Crippen LogP contribution in [0.5, 0.6) is 5.75 Å². The highest BCUT2D eigenvalue weighted by molar-refractivity contribution is 6.34. The largest absolute Gasteiger partial charge is 0.494 e. The van der Waals surface area contributed by atoms with E-state index in [1.807, 2.05) is 6.92 Å². The van der Waals surface area contributed by atoms with Crippen LogP contribution in [0.1, 0.15) is 24.3 Å². The van der Waals surface area contributed by atoms with Gasteiger partial charge >= 0.3 is 0 Å². The normalized spacial score (nSPS) is 10.4. The maximum absolute atomic E-state index is 12.2. The van der Waals surface area contributed by atoms with E-state index in [4.69, 9.17) is 16.3 Å². The van der Waals surface area contributed by atoms with Crippen molar-refractivity contribution in [3.63, 3.8) is 0 Å². The number of benzene rings is 1. The Hall–Kier alpha value is -2.61. The van der Waals surface area contributed by atoms with Gasteiger partial charge in [0.05, 0.1) is 22.6 Å². The van der Waals surface area contributed by atoms with E-state index in [-0.39, 0.29) is 22.1 Å². The topological polar surface area (TPSA) is 99.3 Å². The van der Waals surface area contributed by atoms with Gasteiger partial charge in [-0.1, -0.05) is 11.6 Å². The van der Waals surface area contributed by atoms with Crippen LogP contribution in [0.3, 0.4) is 0 Å². The van der Waals surface area contributed by atoms with Crippen LogP contribution in [0.25, 0.3) is 0 Å². The molecule has 122 valence electrons. The van der Waals surface area contributed by atoms with Gasteiger partial charge in [0.15, 0.2) is 5.69 Å². The first-order valence-corrected chi connectivity index (χ1v) is 7.29. The summed E-state index contributed by atoms with van der Waals surface area (Å²) in [5.74, 6) is -0.264. The lowest BCUT2D eigenvalue weighted by atomic mass is 10.2. The number of hydrogen-bond acceptors (Lipinski definition) is 5. The second kappa shape index (κ2) is 7.10. The van der Waals surface area contributed by atoms with Gasteiger partial charge in [-0.3, -0.25) is 19.6 Å². The van der Waals surface area contributed by atoms with E-state index in [0.717, 1.165) is 0 Å². The summed E-state index contributed by atoms with van der Waals surface area (Å²) in [6, 6.07) is 4.20. The fourth-order valence-corrected chi connectivity index (χ4v) is 2.16. The van der Waals surface area contributed by atoms with Crippen molar-refractivity contribution in [2.75, 3.05) is 11.9 Å². The predicted molar refractivity (Wildman–Crippen MR) is 85.1 cm³/mol. The molecule has 0 unspecified atom stereocenters. The minimum atomic E-state index is -0.616. The van der Waals surface area contributed by atoms with E-state index in [2.05, 4.69) is 10.4 Å². The highest BCUT2D eigenvalue weighted by Crippen LogP contribution is 2.29. The molecule has 1 N–H and O–H groups in total. The zero-order valence-electron chi connectivity index (χ0n) is 12.6. The Balaban J connectivity index is 2.29. The zero-order chi connectivity index (χ0) is 17.0. The molecule has 0 aliphatic carbocycles. The van der Waals surface area contributed by atoms with Gasteiger partial charge in [-0.2, -0.15) is 5.10 Å². The molecule has 0 bridgehead atoms. The number of amides is 1. The highest BCUT2D eigenvalue weighted by Gasteiger charge is 2.21. The minimum absolute atomic E-state index is 0.0108. The number of ether oxygens (including phenoxy) is 1. The minimum Gasteiger partial charge on any atom is -0.494 e. The molecule has 1 amide bonds. The van der Waals surface area contributed by atoms with Crippen LogP contribution >= 0.6 is 11.6 Å². The van der Waals surface area contributed by atoms with E-state index in [9.17, 15) is 14.9 Å². The Morgan fingerprint density at radius 2 is 2.22 bits per heavy atom. The first kappa shape index (κ1) is 16.8. The summed E-state index contributed by atoms with van der Waals surface area (Å²) >= 11 is 5.96. The number of halogens is 1. The van der Waals surface area contributed by atoms with E-state index < -0.39 is 10.8 Å². The summed E-state index contributed by atoms with van der Waals surface area (Å²) in [5.41, 5.74) is -0.211. The van der Waals surface area contributed by atoms with Crippen molar-refractivity contribution in [1.29, 1.82) is 0 Å². The third-order valence-electron chi connectivity index (χ3n) is 2.98. The van der Waals surface area contributed by atoms with Gasteiger partial charge in [-0.05, 0) is 26.0 Å². The summed E-state index contributed by atoms with van der Waals surface area (Å²) in [7, 11) is 0. The summed E-state index contributed by atoms with van der Waals surface area (Å²) in [6.07, 6.45) is 1.52. The van der Waals surface area contributed by atoms with Gasteiger partial charge in [-0.15, -0.1) is 0 Å². The monoisotopic (exact) mass is 338 g/mol. The van der Waals surface area contributed by atoms with Crippen LogP contribution in [-0.4, -0.2) is 27.2 Å². The van der Waals surface area contributed by atoms with Crippen molar-refractivity contribution in [2.24, 2.45) is 0 Å². The van der Waals surface area contributed by atoms with E-state index in [1.165, 1.54) is 23.0 Å². The Labute approximate surface area is 137 Å². The molecule has 0 spiro atoms. The summed E-state index contributed by atoms with van der Waals surface area (Å²) in [5, 5.41) is 17.8. The number of nitro groups is 1. The molecule has 8 nitrogen and oxygen atoms in total. The first-order chi connectivity index (χ1) is 11.0. The molecule has 9 heteroatoms. The average Bonchev–Trinajstić information content (AvgIpc) is 2.90. The smallest absolute Gasteiger partial charge is 0.296 e. The van der Waals surface area contributed by atoms with Crippen LogP contribution in [0.15, 0.2) is 24.4 Å². The molecule has 1 aromatic heterocycles. The number of carbonyl (C=O) groups is 1. The Kier molecular flexibility index (Phi) is 5.17.